The summed E-state index contributed by atoms with van der Waals surface area (Å²) in [6.45, 7) is 4.29. The van der Waals surface area contributed by atoms with Crippen molar-refractivity contribution in [3.05, 3.63) is 88.9 Å². The van der Waals surface area contributed by atoms with E-state index in [1.807, 2.05) is 38.1 Å². The topological polar surface area (TPSA) is 49.4 Å². The number of ketones is 1. The lowest BCUT2D eigenvalue weighted by atomic mass is 9.93. The van der Waals surface area contributed by atoms with Crippen LogP contribution in [0, 0.1) is 12.7 Å². The van der Waals surface area contributed by atoms with Gasteiger partial charge in [0.1, 0.15) is 5.82 Å². The van der Waals surface area contributed by atoms with Crippen LogP contribution >= 0.6 is 0 Å². The minimum atomic E-state index is -0.508. The molecule has 1 atom stereocenters. The first-order valence-electron chi connectivity index (χ1n) is 8.81. The minimum Gasteiger partial charge on any atom is -0.327 e. The summed E-state index contributed by atoms with van der Waals surface area (Å²) in [4.78, 5) is 26.6. The molecule has 1 aliphatic rings. The van der Waals surface area contributed by atoms with E-state index in [1.165, 1.54) is 23.1 Å². The average molecular weight is 364 g/mol. The van der Waals surface area contributed by atoms with Crippen molar-refractivity contribution in [1.82, 2.24) is 10.2 Å². The van der Waals surface area contributed by atoms with Crippen molar-refractivity contribution in [2.24, 2.45) is 0 Å². The van der Waals surface area contributed by atoms with Crippen molar-refractivity contribution in [3.8, 4) is 0 Å². The highest BCUT2D eigenvalue weighted by atomic mass is 19.1. The van der Waals surface area contributed by atoms with Gasteiger partial charge in [-0.1, -0.05) is 48.0 Å². The fraction of sp³-hybridized carbons (Fsp3) is 0.182. The van der Waals surface area contributed by atoms with Crippen LogP contribution in [-0.4, -0.2) is 23.3 Å². The molecule has 2 aromatic rings. The standard InChI is InChI=1S/C22H21FN2O2/c1-3-25-14-19(20(26)13-8-16-6-11-18(23)12-7-16)21(24-22(25)27)17-9-4-15(2)5-10-17/h4-14,21H,3H2,1-2H3,(H,24,27)/b13-8+. The first-order valence-corrected chi connectivity index (χ1v) is 8.81. The van der Waals surface area contributed by atoms with Crippen molar-refractivity contribution in [1.29, 1.82) is 0 Å². The number of carbonyl (C=O) groups is 2. The maximum Gasteiger partial charge on any atom is 0.322 e. The lowest BCUT2D eigenvalue weighted by molar-refractivity contribution is -0.111. The number of allylic oxidation sites excluding steroid dienone is 1. The van der Waals surface area contributed by atoms with Crippen LogP contribution in [0.3, 0.4) is 0 Å². The minimum absolute atomic E-state index is 0.205. The number of nitrogens with zero attached hydrogens (tertiary/aromatic N) is 1. The molecule has 138 valence electrons. The Morgan fingerprint density at radius 2 is 1.81 bits per heavy atom. The molecule has 1 heterocycles. The Hall–Kier alpha value is -3.21. The van der Waals surface area contributed by atoms with E-state index in [4.69, 9.17) is 0 Å². The third-order valence-corrected chi connectivity index (χ3v) is 4.47. The Balaban J connectivity index is 1.91. The van der Waals surface area contributed by atoms with Crippen LogP contribution < -0.4 is 5.32 Å². The van der Waals surface area contributed by atoms with E-state index in [0.29, 0.717) is 12.1 Å². The molecule has 0 saturated carbocycles. The highest BCUT2D eigenvalue weighted by Gasteiger charge is 2.30. The van der Waals surface area contributed by atoms with Gasteiger partial charge in [0.25, 0.3) is 0 Å². The third kappa shape index (κ3) is 4.31. The molecular formula is C22H21FN2O2. The molecule has 0 aromatic heterocycles. The van der Waals surface area contributed by atoms with Crippen LogP contribution in [0.15, 0.2) is 66.4 Å². The molecule has 0 aliphatic carbocycles. The maximum atomic E-state index is 13.0. The summed E-state index contributed by atoms with van der Waals surface area (Å²) < 4.78 is 13.0. The second-order valence-corrected chi connectivity index (χ2v) is 6.41. The summed E-state index contributed by atoms with van der Waals surface area (Å²) in [5, 5.41) is 2.90. The summed E-state index contributed by atoms with van der Waals surface area (Å²) >= 11 is 0. The van der Waals surface area contributed by atoms with Gasteiger partial charge in [-0.15, -0.1) is 0 Å². The molecule has 1 aliphatic heterocycles. The van der Waals surface area contributed by atoms with Gasteiger partial charge in [0, 0.05) is 18.3 Å². The van der Waals surface area contributed by atoms with Crippen molar-refractivity contribution >= 4 is 17.9 Å². The number of hydrogen-bond donors (Lipinski definition) is 1. The first-order chi connectivity index (χ1) is 13.0. The predicted molar refractivity (Wildman–Crippen MR) is 103 cm³/mol. The fourth-order valence-corrected chi connectivity index (χ4v) is 2.89. The number of nitrogens with one attached hydrogen (secondary N) is 1. The molecule has 5 heteroatoms. The van der Waals surface area contributed by atoms with Gasteiger partial charge in [0.15, 0.2) is 5.78 Å². The van der Waals surface area contributed by atoms with E-state index in [-0.39, 0.29) is 17.6 Å². The van der Waals surface area contributed by atoms with E-state index in [0.717, 1.165) is 16.7 Å². The molecule has 1 unspecified atom stereocenters. The molecule has 0 radical (unpaired) electrons. The average Bonchev–Trinajstić information content (AvgIpc) is 2.67. The Kier molecular flexibility index (Phi) is 5.50. The predicted octanol–water partition coefficient (Wildman–Crippen LogP) is 4.39. The van der Waals surface area contributed by atoms with Gasteiger partial charge in [-0.2, -0.15) is 0 Å². The van der Waals surface area contributed by atoms with Crippen molar-refractivity contribution in [2.45, 2.75) is 19.9 Å². The van der Waals surface area contributed by atoms with Gasteiger partial charge in [-0.05, 0) is 43.2 Å². The molecule has 2 aromatic carbocycles. The zero-order chi connectivity index (χ0) is 19.4. The van der Waals surface area contributed by atoms with Crippen LogP contribution in [0.25, 0.3) is 6.08 Å². The van der Waals surface area contributed by atoms with Gasteiger partial charge < -0.3 is 10.2 Å². The molecule has 0 saturated heterocycles. The van der Waals surface area contributed by atoms with E-state index in [9.17, 15) is 14.0 Å². The number of carbonyl (C=O) groups excluding carboxylic acids is 2. The number of aryl methyl sites for hydroxylation is 1. The molecule has 1 N–H and O–H groups in total. The maximum absolute atomic E-state index is 13.0. The first kappa shape index (κ1) is 18.6. The molecule has 0 fully saturated rings. The van der Waals surface area contributed by atoms with E-state index >= 15 is 0 Å². The Morgan fingerprint density at radius 1 is 1.15 bits per heavy atom. The smallest absolute Gasteiger partial charge is 0.322 e. The van der Waals surface area contributed by atoms with Crippen LogP contribution in [0.5, 0.6) is 0 Å². The van der Waals surface area contributed by atoms with Crippen LogP contribution in [-0.2, 0) is 4.79 Å². The van der Waals surface area contributed by atoms with Gasteiger partial charge in [-0.3, -0.25) is 4.79 Å². The van der Waals surface area contributed by atoms with Gasteiger partial charge >= 0.3 is 6.03 Å². The van der Waals surface area contributed by atoms with E-state index in [2.05, 4.69) is 5.32 Å². The SMILES string of the molecule is CCN1C=C(C(=O)/C=C/c2ccc(F)cc2)C(c2ccc(C)cc2)NC1=O. The lowest BCUT2D eigenvalue weighted by Crippen LogP contribution is -2.44. The van der Waals surface area contributed by atoms with Crippen molar-refractivity contribution in [3.63, 3.8) is 0 Å². The van der Waals surface area contributed by atoms with Crippen LogP contribution in [0.1, 0.15) is 29.7 Å². The zero-order valence-corrected chi connectivity index (χ0v) is 15.3. The molecule has 2 amide bonds. The van der Waals surface area contributed by atoms with E-state index < -0.39 is 6.04 Å². The molecule has 3 rings (SSSR count). The molecular weight excluding hydrogens is 343 g/mol. The summed E-state index contributed by atoms with van der Waals surface area (Å²) in [6, 6.07) is 12.9. The van der Waals surface area contributed by atoms with Crippen molar-refractivity contribution in [2.75, 3.05) is 6.54 Å². The number of rotatable bonds is 5. The molecule has 4 nitrogen and oxygen atoms in total. The molecule has 0 spiro atoms. The summed E-state index contributed by atoms with van der Waals surface area (Å²) in [6.07, 6.45) is 4.70. The monoisotopic (exact) mass is 364 g/mol. The summed E-state index contributed by atoms with van der Waals surface area (Å²) in [5.41, 5.74) is 3.16. The fourth-order valence-electron chi connectivity index (χ4n) is 2.89. The number of benzene rings is 2. The highest BCUT2D eigenvalue weighted by Crippen LogP contribution is 2.27. The molecule has 0 bridgehead atoms. The van der Waals surface area contributed by atoms with Crippen molar-refractivity contribution < 1.29 is 14.0 Å². The highest BCUT2D eigenvalue weighted by molar-refractivity contribution is 6.08. The summed E-state index contributed by atoms with van der Waals surface area (Å²) in [7, 11) is 0. The van der Waals surface area contributed by atoms with E-state index in [1.54, 1.807) is 24.4 Å². The lowest BCUT2D eigenvalue weighted by Gasteiger charge is -2.31. The molecule has 27 heavy (non-hydrogen) atoms. The summed E-state index contributed by atoms with van der Waals surface area (Å²) in [5.74, 6) is -0.530. The second-order valence-electron chi connectivity index (χ2n) is 6.41. The number of urea groups is 1. The number of amides is 2. The quantitative estimate of drug-likeness (QED) is 0.800. The van der Waals surface area contributed by atoms with Crippen LogP contribution in [0.2, 0.25) is 0 Å². The normalized spacial score (nSPS) is 17.0. The Bertz CT molecular complexity index is 899. The largest absolute Gasteiger partial charge is 0.327 e. The number of halogens is 1. The third-order valence-electron chi connectivity index (χ3n) is 4.47. The van der Waals surface area contributed by atoms with Crippen LogP contribution in [0.4, 0.5) is 9.18 Å². The second kappa shape index (κ2) is 7.99. The van der Waals surface area contributed by atoms with Gasteiger partial charge in [0.05, 0.1) is 6.04 Å². The zero-order valence-electron chi connectivity index (χ0n) is 15.3. The Morgan fingerprint density at radius 3 is 2.44 bits per heavy atom. The van der Waals surface area contributed by atoms with Gasteiger partial charge in [-0.25, -0.2) is 9.18 Å². The number of hydrogen-bond acceptors (Lipinski definition) is 2. The van der Waals surface area contributed by atoms with Gasteiger partial charge in [0.2, 0.25) is 0 Å². The Labute approximate surface area is 158 Å².